The quantitative estimate of drug-likeness (QED) is 0.336. The van der Waals surface area contributed by atoms with E-state index in [9.17, 15) is 4.79 Å². The van der Waals surface area contributed by atoms with E-state index in [1.165, 1.54) is 10.9 Å². The first kappa shape index (κ1) is 20.0. The molecule has 1 N–H and O–H groups in total. The molecule has 5 rings (SSSR count). The fraction of sp³-hybridized carbons (Fsp3) is 0.143. The van der Waals surface area contributed by atoms with Crippen molar-refractivity contribution in [3.05, 3.63) is 96.1 Å². The van der Waals surface area contributed by atoms with Gasteiger partial charge in [-0.15, -0.1) is 0 Å². The molecule has 0 aliphatic rings. The predicted octanol–water partition coefficient (Wildman–Crippen LogP) is 7.20. The summed E-state index contributed by atoms with van der Waals surface area (Å²) < 4.78 is 5.97. The molecule has 0 aliphatic heterocycles. The Labute approximate surface area is 186 Å². The number of nitrogens with zero attached hydrogens (tertiary/aromatic N) is 1. The van der Waals surface area contributed by atoms with Gasteiger partial charge in [0.1, 0.15) is 5.52 Å². The summed E-state index contributed by atoms with van der Waals surface area (Å²) in [4.78, 5) is 17.4. The van der Waals surface area contributed by atoms with Gasteiger partial charge in [-0.25, -0.2) is 4.98 Å². The number of hydrogen-bond donors (Lipinski definition) is 1. The number of hydrogen-bond acceptors (Lipinski definition) is 3. The highest BCUT2D eigenvalue weighted by atomic mass is 16.3. The van der Waals surface area contributed by atoms with Crippen molar-refractivity contribution in [2.45, 2.75) is 26.2 Å². The summed E-state index contributed by atoms with van der Waals surface area (Å²) in [5.74, 6) is 0.412. The van der Waals surface area contributed by atoms with Crippen molar-refractivity contribution in [2.24, 2.45) is 0 Å². The first-order valence-electron chi connectivity index (χ1n) is 10.7. The normalized spacial score (nSPS) is 11.7. The third-order valence-electron chi connectivity index (χ3n) is 5.65. The van der Waals surface area contributed by atoms with Crippen LogP contribution in [-0.2, 0) is 5.41 Å². The highest BCUT2D eigenvalue weighted by Gasteiger charge is 2.15. The number of oxazole rings is 1. The average Bonchev–Trinajstić information content (AvgIpc) is 3.22. The maximum Gasteiger partial charge on any atom is 0.255 e. The molecule has 0 aliphatic carbocycles. The van der Waals surface area contributed by atoms with Gasteiger partial charge in [0, 0.05) is 16.8 Å². The second-order valence-electron chi connectivity index (χ2n) is 9.04. The number of aromatic nitrogens is 1. The Hall–Kier alpha value is -3.92. The SMILES string of the molecule is CC(C)(C)c1ccc(C(=O)Nc2ccc3oc(-c4ccc5ccccc5c4)nc3c2)cc1. The lowest BCUT2D eigenvalue weighted by atomic mass is 9.87. The Bertz CT molecular complexity index is 1440. The van der Waals surface area contributed by atoms with Crippen LogP contribution >= 0.6 is 0 Å². The van der Waals surface area contributed by atoms with Gasteiger partial charge in [0.25, 0.3) is 5.91 Å². The molecule has 0 bridgehead atoms. The van der Waals surface area contributed by atoms with Gasteiger partial charge in [-0.05, 0) is 64.2 Å². The maximum atomic E-state index is 12.7. The van der Waals surface area contributed by atoms with E-state index in [0.29, 0.717) is 28.2 Å². The molecule has 0 saturated heterocycles. The summed E-state index contributed by atoms with van der Waals surface area (Å²) in [6.45, 7) is 6.46. The maximum absolute atomic E-state index is 12.7. The van der Waals surface area contributed by atoms with Crippen LogP contribution in [0.4, 0.5) is 5.69 Å². The molecule has 0 saturated carbocycles. The fourth-order valence-electron chi connectivity index (χ4n) is 3.78. The van der Waals surface area contributed by atoms with Crippen LogP contribution in [0.3, 0.4) is 0 Å². The number of rotatable bonds is 3. The zero-order valence-corrected chi connectivity index (χ0v) is 18.3. The molecule has 4 heteroatoms. The Kier molecular flexibility index (Phi) is 4.78. The highest BCUT2D eigenvalue weighted by molar-refractivity contribution is 6.05. The predicted molar refractivity (Wildman–Crippen MR) is 130 cm³/mol. The van der Waals surface area contributed by atoms with Crippen LogP contribution in [0.1, 0.15) is 36.7 Å². The van der Waals surface area contributed by atoms with Gasteiger partial charge in [-0.2, -0.15) is 0 Å². The van der Waals surface area contributed by atoms with Crippen LogP contribution in [0.2, 0.25) is 0 Å². The largest absolute Gasteiger partial charge is 0.436 e. The number of amides is 1. The Morgan fingerprint density at radius 3 is 2.34 bits per heavy atom. The van der Waals surface area contributed by atoms with E-state index < -0.39 is 0 Å². The Morgan fingerprint density at radius 2 is 1.59 bits per heavy atom. The first-order chi connectivity index (χ1) is 15.4. The molecule has 1 aromatic heterocycles. The molecule has 1 amide bonds. The second kappa shape index (κ2) is 7.65. The van der Waals surface area contributed by atoms with Crippen LogP contribution in [0.5, 0.6) is 0 Å². The molecule has 158 valence electrons. The number of benzene rings is 4. The molecule has 1 heterocycles. The minimum Gasteiger partial charge on any atom is -0.436 e. The van der Waals surface area contributed by atoms with E-state index in [-0.39, 0.29) is 11.3 Å². The summed E-state index contributed by atoms with van der Waals surface area (Å²) in [5, 5.41) is 5.27. The van der Waals surface area contributed by atoms with Crippen molar-refractivity contribution in [3.63, 3.8) is 0 Å². The monoisotopic (exact) mass is 420 g/mol. The molecule has 4 aromatic carbocycles. The van der Waals surface area contributed by atoms with Gasteiger partial charge in [-0.1, -0.05) is 63.2 Å². The van der Waals surface area contributed by atoms with E-state index in [1.54, 1.807) is 0 Å². The summed E-state index contributed by atoms with van der Waals surface area (Å²) in [7, 11) is 0. The second-order valence-corrected chi connectivity index (χ2v) is 9.04. The molecule has 0 radical (unpaired) electrons. The molecule has 0 atom stereocenters. The summed E-state index contributed by atoms with van der Waals surface area (Å²) >= 11 is 0. The molecule has 5 aromatic rings. The molecular weight excluding hydrogens is 396 g/mol. The minimum absolute atomic E-state index is 0.0513. The smallest absolute Gasteiger partial charge is 0.255 e. The lowest BCUT2D eigenvalue weighted by Gasteiger charge is -2.19. The molecule has 0 fully saturated rings. The number of anilines is 1. The van der Waals surface area contributed by atoms with Crippen LogP contribution in [0.25, 0.3) is 33.3 Å². The van der Waals surface area contributed by atoms with E-state index in [4.69, 9.17) is 4.42 Å². The molecule has 32 heavy (non-hydrogen) atoms. The van der Waals surface area contributed by atoms with E-state index in [2.05, 4.69) is 55.3 Å². The summed E-state index contributed by atoms with van der Waals surface area (Å²) in [6.07, 6.45) is 0. The number of carbonyl (C=O) groups excluding carboxylic acids is 1. The van der Waals surface area contributed by atoms with Crippen LogP contribution in [0, 0.1) is 0 Å². The first-order valence-corrected chi connectivity index (χ1v) is 10.7. The standard InChI is InChI=1S/C28H24N2O2/c1-28(2,3)22-12-10-19(11-13-22)26(31)29-23-14-15-25-24(17-23)30-27(32-25)21-9-8-18-6-4-5-7-20(18)16-21/h4-17H,1-3H3,(H,29,31). The van der Waals surface area contributed by atoms with Crippen molar-refractivity contribution in [1.82, 2.24) is 4.98 Å². The summed E-state index contributed by atoms with van der Waals surface area (Å²) in [5.41, 5.74) is 4.85. The van der Waals surface area contributed by atoms with Crippen molar-refractivity contribution in [2.75, 3.05) is 5.32 Å². The minimum atomic E-state index is -0.150. The van der Waals surface area contributed by atoms with Crippen LogP contribution < -0.4 is 5.32 Å². The third-order valence-corrected chi connectivity index (χ3v) is 5.65. The van der Waals surface area contributed by atoms with E-state index in [1.807, 2.05) is 60.7 Å². The zero-order chi connectivity index (χ0) is 22.3. The molecule has 0 unspecified atom stereocenters. The van der Waals surface area contributed by atoms with Crippen molar-refractivity contribution < 1.29 is 9.21 Å². The van der Waals surface area contributed by atoms with Gasteiger partial charge < -0.3 is 9.73 Å². The van der Waals surface area contributed by atoms with Gasteiger partial charge in [0.15, 0.2) is 5.58 Å². The Morgan fingerprint density at radius 1 is 0.844 bits per heavy atom. The van der Waals surface area contributed by atoms with E-state index in [0.717, 1.165) is 10.9 Å². The fourth-order valence-corrected chi connectivity index (χ4v) is 3.78. The topological polar surface area (TPSA) is 55.1 Å². The number of carbonyl (C=O) groups is 1. The van der Waals surface area contributed by atoms with Crippen LogP contribution in [-0.4, -0.2) is 10.9 Å². The van der Waals surface area contributed by atoms with Crippen LogP contribution in [0.15, 0.2) is 89.3 Å². The van der Waals surface area contributed by atoms with Crippen molar-refractivity contribution in [1.29, 1.82) is 0 Å². The average molecular weight is 421 g/mol. The van der Waals surface area contributed by atoms with Crippen molar-refractivity contribution in [3.8, 4) is 11.5 Å². The Balaban J connectivity index is 1.39. The molecular formula is C28H24N2O2. The number of fused-ring (bicyclic) bond motifs is 2. The van der Waals surface area contributed by atoms with Crippen molar-refractivity contribution >= 4 is 33.5 Å². The lowest BCUT2D eigenvalue weighted by molar-refractivity contribution is 0.102. The van der Waals surface area contributed by atoms with E-state index >= 15 is 0 Å². The van der Waals surface area contributed by atoms with Gasteiger partial charge in [-0.3, -0.25) is 4.79 Å². The highest BCUT2D eigenvalue weighted by Crippen LogP contribution is 2.29. The van der Waals surface area contributed by atoms with Gasteiger partial charge in [0.05, 0.1) is 0 Å². The van der Waals surface area contributed by atoms with Gasteiger partial charge in [0.2, 0.25) is 5.89 Å². The lowest BCUT2D eigenvalue weighted by Crippen LogP contribution is -2.14. The molecule has 4 nitrogen and oxygen atoms in total. The number of nitrogens with one attached hydrogen (secondary N) is 1. The third kappa shape index (κ3) is 3.87. The van der Waals surface area contributed by atoms with Gasteiger partial charge >= 0.3 is 0 Å². The molecule has 0 spiro atoms. The zero-order valence-electron chi connectivity index (χ0n) is 18.3. The summed E-state index contributed by atoms with van der Waals surface area (Å²) in [6, 6.07) is 27.6.